The maximum absolute atomic E-state index is 13.4. The van der Waals surface area contributed by atoms with E-state index in [1.54, 1.807) is 11.0 Å². The molecular formula is C29H31ClN4O3. The number of ether oxygens (including phenoxy) is 1. The molecule has 7 nitrogen and oxygen atoms in total. The summed E-state index contributed by atoms with van der Waals surface area (Å²) < 4.78 is 5.68. The van der Waals surface area contributed by atoms with Gasteiger partial charge in [-0.1, -0.05) is 72.3 Å². The zero-order valence-electron chi connectivity index (χ0n) is 20.7. The van der Waals surface area contributed by atoms with Crippen LogP contribution in [0, 0.1) is 5.92 Å². The summed E-state index contributed by atoms with van der Waals surface area (Å²) in [5, 5.41) is 3.44. The lowest BCUT2D eigenvalue weighted by molar-refractivity contribution is -0.127. The molecule has 1 aromatic heterocycles. The second-order valence-corrected chi connectivity index (χ2v) is 10.0. The van der Waals surface area contributed by atoms with Crippen molar-refractivity contribution >= 4 is 23.4 Å². The molecule has 3 aromatic rings. The van der Waals surface area contributed by atoms with Crippen LogP contribution >= 0.6 is 11.6 Å². The zero-order chi connectivity index (χ0) is 25.6. The first-order valence-corrected chi connectivity index (χ1v) is 13.1. The fourth-order valence-corrected chi connectivity index (χ4v) is 4.76. The van der Waals surface area contributed by atoms with Gasteiger partial charge in [0.2, 0.25) is 11.8 Å². The second-order valence-electron chi connectivity index (χ2n) is 9.61. The Bertz CT molecular complexity index is 1210. The highest BCUT2D eigenvalue weighted by Crippen LogP contribution is 2.31. The van der Waals surface area contributed by atoms with Gasteiger partial charge < -0.3 is 15.0 Å². The van der Waals surface area contributed by atoms with E-state index in [-0.39, 0.29) is 11.8 Å². The van der Waals surface area contributed by atoms with Gasteiger partial charge in [0.1, 0.15) is 11.1 Å². The SMILES string of the molecule is O=C(NCc1ccccc1)[C@@H](c1ccccc1)N1CCN(C(=O)c2cnc(OCC3CC3)c(Cl)c2)CC1. The monoisotopic (exact) mass is 518 g/mol. The summed E-state index contributed by atoms with van der Waals surface area (Å²) in [6.07, 6.45) is 3.90. The summed E-state index contributed by atoms with van der Waals surface area (Å²) in [4.78, 5) is 34.7. The Balaban J connectivity index is 1.22. The normalized spacial score (nSPS) is 16.7. The van der Waals surface area contributed by atoms with Crippen molar-refractivity contribution in [1.29, 1.82) is 0 Å². The quantitative estimate of drug-likeness (QED) is 0.456. The molecule has 5 rings (SSSR count). The van der Waals surface area contributed by atoms with Crippen molar-refractivity contribution in [1.82, 2.24) is 20.1 Å². The van der Waals surface area contributed by atoms with E-state index in [0.29, 0.717) is 61.7 Å². The van der Waals surface area contributed by atoms with Gasteiger partial charge in [-0.05, 0) is 36.0 Å². The molecule has 1 saturated heterocycles. The number of nitrogens with zero attached hydrogens (tertiary/aromatic N) is 3. The summed E-state index contributed by atoms with van der Waals surface area (Å²) >= 11 is 6.35. The number of hydrogen-bond donors (Lipinski definition) is 1. The van der Waals surface area contributed by atoms with Gasteiger partial charge in [0.15, 0.2) is 0 Å². The lowest BCUT2D eigenvalue weighted by Crippen LogP contribution is -2.52. The largest absolute Gasteiger partial charge is 0.476 e. The first kappa shape index (κ1) is 25.2. The maximum atomic E-state index is 13.4. The number of benzene rings is 2. The number of nitrogens with one attached hydrogen (secondary N) is 1. The molecule has 1 aliphatic carbocycles. The third kappa shape index (κ3) is 6.48. The third-order valence-electron chi connectivity index (χ3n) is 6.85. The number of halogens is 1. The predicted octanol–water partition coefficient (Wildman–Crippen LogP) is 4.34. The fourth-order valence-electron chi connectivity index (χ4n) is 4.54. The molecule has 8 heteroatoms. The molecule has 0 bridgehead atoms. The number of pyridine rings is 1. The number of rotatable bonds is 9. The molecule has 1 aliphatic heterocycles. The summed E-state index contributed by atoms with van der Waals surface area (Å²) in [7, 11) is 0. The molecule has 192 valence electrons. The van der Waals surface area contributed by atoms with Crippen molar-refractivity contribution in [3.63, 3.8) is 0 Å². The zero-order valence-corrected chi connectivity index (χ0v) is 21.4. The first-order chi connectivity index (χ1) is 18.1. The van der Waals surface area contributed by atoms with Crippen LogP contribution in [0.4, 0.5) is 0 Å². The van der Waals surface area contributed by atoms with Crippen LogP contribution in [0.3, 0.4) is 0 Å². The van der Waals surface area contributed by atoms with E-state index in [1.807, 2.05) is 60.7 Å². The highest BCUT2D eigenvalue weighted by molar-refractivity contribution is 6.32. The Labute approximate surface area is 222 Å². The van der Waals surface area contributed by atoms with Crippen LogP contribution in [-0.4, -0.2) is 59.4 Å². The van der Waals surface area contributed by atoms with Crippen molar-refractivity contribution < 1.29 is 14.3 Å². The maximum Gasteiger partial charge on any atom is 0.255 e. The number of hydrogen-bond acceptors (Lipinski definition) is 5. The number of amides is 2. The van der Waals surface area contributed by atoms with Gasteiger partial charge in [0.25, 0.3) is 5.91 Å². The molecular weight excluding hydrogens is 488 g/mol. The van der Waals surface area contributed by atoms with E-state index >= 15 is 0 Å². The van der Waals surface area contributed by atoms with E-state index in [2.05, 4.69) is 15.2 Å². The van der Waals surface area contributed by atoms with Crippen molar-refractivity contribution in [2.45, 2.75) is 25.4 Å². The Kier molecular flexibility index (Phi) is 8.02. The second kappa shape index (κ2) is 11.8. The van der Waals surface area contributed by atoms with Gasteiger partial charge in [0, 0.05) is 38.9 Å². The first-order valence-electron chi connectivity index (χ1n) is 12.8. The van der Waals surface area contributed by atoms with Gasteiger partial charge in [-0.3, -0.25) is 14.5 Å². The number of carbonyl (C=O) groups excluding carboxylic acids is 2. The van der Waals surface area contributed by atoms with Crippen molar-refractivity contribution in [2.24, 2.45) is 5.92 Å². The molecule has 0 radical (unpaired) electrons. The molecule has 2 amide bonds. The summed E-state index contributed by atoms with van der Waals surface area (Å²) in [5.41, 5.74) is 2.43. The van der Waals surface area contributed by atoms with E-state index in [9.17, 15) is 9.59 Å². The van der Waals surface area contributed by atoms with Crippen LogP contribution in [0.2, 0.25) is 5.02 Å². The Morgan fingerprint density at radius 3 is 2.32 bits per heavy atom. The van der Waals surface area contributed by atoms with E-state index in [4.69, 9.17) is 16.3 Å². The lowest BCUT2D eigenvalue weighted by Gasteiger charge is -2.38. The molecule has 2 aromatic carbocycles. The predicted molar refractivity (Wildman–Crippen MR) is 142 cm³/mol. The molecule has 1 saturated carbocycles. The average Bonchev–Trinajstić information content (AvgIpc) is 3.77. The van der Waals surface area contributed by atoms with Gasteiger partial charge in [-0.2, -0.15) is 0 Å². The average molecular weight is 519 g/mol. The molecule has 2 aliphatic rings. The van der Waals surface area contributed by atoms with Gasteiger partial charge in [0.05, 0.1) is 12.2 Å². The molecule has 1 atom stereocenters. The van der Waals surface area contributed by atoms with Crippen LogP contribution < -0.4 is 10.1 Å². The van der Waals surface area contributed by atoms with Crippen LogP contribution in [-0.2, 0) is 11.3 Å². The minimum atomic E-state index is -0.429. The number of carbonyl (C=O) groups is 2. The summed E-state index contributed by atoms with van der Waals surface area (Å²) in [6.45, 7) is 3.25. The third-order valence-corrected chi connectivity index (χ3v) is 7.12. The molecule has 2 heterocycles. The standard InChI is InChI=1S/C29H31ClN4O3/c30-25-17-24(19-32-28(25)37-20-22-11-12-22)29(36)34-15-13-33(14-16-34)26(23-9-5-2-6-10-23)27(35)31-18-21-7-3-1-4-8-21/h1-10,17,19,22,26H,11-16,18,20H2,(H,31,35)/t26-/m1/s1. The van der Waals surface area contributed by atoms with Crippen LogP contribution in [0.5, 0.6) is 5.88 Å². The molecule has 0 unspecified atom stereocenters. The number of piperazine rings is 1. The Morgan fingerprint density at radius 2 is 1.68 bits per heavy atom. The van der Waals surface area contributed by atoms with E-state index in [1.165, 1.54) is 19.0 Å². The smallest absolute Gasteiger partial charge is 0.255 e. The minimum Gasteiger partial charge on any atom is -0.476 e. The Morgan fingerprint density at radius 1 is 1.00 bits per heavy atom. The van der Waals surface area contributed by atoms with Crippen LogP contribution in [0.15, 0.2) is 72.9 Å². The topological polar surface area (TPSA) is 74.8 Å². The summed E-state index contributed by atoms with van der Waals surface area (Å²) in [6, 6.07) is 20.9. The molecule has 0 spiro atoms. The van der Waals surface area contributed by atoms with E-state index < -0.39 is 6.04 Å². The molecule has 37 heavy (non-hydrogen) atoms. The Hall–Kier alpha value is -3.42. The van der Waals surface area contributed by atoms with E-state index in [0.717, 1.165) is 11.1 Å². The highest BCUT2D eigenvalue weighted by Gasteiger charge is 2.32. The number of aromatic nitrogens is 1. The van der Waals surface area contributed by atoms with Gasteiger partial charge in [-0.15, -0.1) is 0 Å². The van der Waals surface area contributed by atoms with Gasteiger partial charge >= 0.3 is 0 Å². The van der Waals surface area contributed by atoms with Crippen LogP contribution in [0.1, 0.15) is 40.4 Å². The van der Waals surface area contributed by atoms with Crippen LogP contribution in [0.25, 0.3) is 0 Å². The fraction of sp³-hybridized carbons (Fsp3) is 0.345. The summed E-state index contributed by atoms with van der Waals surface area (Å²) in [5.74, 6) is 0.804. The molecule has 1 N–H and O–H groups in total. The minimum absolute atomic E-state index is 0.0485. The van der Waals surface area contributed by atoms with Crippen molar-refractivity contribution in [3.05, 3.63) is 94.6 Å². The highest BCUT2D eigenvalue weighted by atomic mass is 35.5. The lowest BCUT2D eigenvalue weighted by atomic mass is 10.0. The van der Waals surface area contributed by atoms with Gasteiger partial charge in [-0.25, -0.2) is 4.98 Å². The van der Waals surface area contributed by atoms with Crippen molar-refractivity contribution in [2.75, 3.05) is 32.8 Å². The molecule has 2 fully saturated rings. The van der Waals surface area contributed by atoms with Crippen molar-refractivity contribution in [3.8, 4) is 5.88 Å².